The van der Waals surface area contributed by atoms with E-state index in [1.165, 1.54) is 0 Å². The van der Waals surface area contributed by atoms with Gasteiger partial charge in [0.25, 0.3) is 0 Å². The summed E-state index contributed by atoms with van der Waals surface area (Å²) in [6, 6.07) is 0. The van der Waals surface area contributed by atoms with Crippen molar-refractivity contribution in [1.82, 2.24) is 10.3 Å². The first-order valence-electron chi connectivity index (χ1n) is 4.97. The molecule has 2 N–H and O–H groups in total. The van der Waals surface area contributed by atoms with Crippen molar-refractivity contribution in [2.24, 2.45) is 5.41 Å². The molecule has 0 saturated carbocycles. The number of nitrogens with zero attached hydrogens (tertiary/aromatic N) is 1. The molecule has 78 valence electrons. The predicted octanol–water partition coefficient (Wildman–Crippen LogP) is 0.966. The zero-order valence-corrected chi connectivity index (χ0v) is 9.23. The van der Waals surface area contributed by atoms with Crippen LogP contribution in [0.5, 0.6) is 0 Å². The molecule has 0 spiro atoms. The first-order valence-corrected chi connectivity index (χ1v) is 5.85. The van der Waals surface area contributed by atoms with Gasteiger partial charge >= 0.3 is 0 Å². The molecule has 1 aromatic rings. The molecule has 2 rings (SSSR count). The van der Waals surface area contributed by atoms with Crippen LogP contribution in [0.15, 0.2) is 5.38 Å². The van der Waals surface area contributed by atoms with E-state index < -0.39 is 0 Å². The monoisotopic (exact) mass is 212 g/mol. The van der Waals surface area contributed by atoms with Crippen LogP contribution in [-0.2, 0) is 6.42 Å². The van der Waals surface area contributed by atoms with Crippen LogP contribution in [0.25, 0.3) is 0 Å². The Balaban J connectivity index is 2.08. The maximum absolute atomic E-state index is 9.42. The highest BCUT2D eigenvalue weighted by Crippen LogP contribution is 2.30. The summed E-state index contributed by atoms with van der Waals surface area (Å²) in [6.07, 6.45) is 1.97. The summed E-state index contributed by atoms with van der Waals surface area (Å²) in [5.41, 5.74) is 1.13. The van der Waals surface area contributed by atoms with Gasteiger partial charge in [-0.2, -0.15) is 0 Å². The van der Waals surface area contributed by atoms with Crippen LogP contribution in [0.3, 0.4) is 0 Å². The Labute approximate surface area is 88.2 Å². The van der Waals surface area contributed by atoms with Gasteiger partial charge in [-0.05, 0) is 19.9 Å². The number of aryl methyl sites for hydroxylation is 1. The SMILES string of the molecule is Cc1csc(CC2(CO)CCNC2)n1. The van der Waals surface area contributed by atoms with Crippen LogP contribution in [0, 0.1) is 12.3 Å². The van der Waals surface area contributed by atoms with E-state index >= 15 is 0 Å². The number of hydrogen-bond donors (Lipinski definition) is 2. The molecule has 1 aromatic heterocycles. The van der Waals surface area contributed by atoms with Crippen molar-refractivity contribution in [1.29, 1.82) is 0 Å². The average molecular weight is 212 g/mol. The number of aliphatic hydroxyl groups is 1. The summed E-state index contributed by atoms with van der Waals surface area (Å²) in [4.78, 5) is 4.45. The van der Waals surface area contributed by atoms with Gasteiger partial charge in [0.05, 0.1) is 11.6 Å². The van der Waals surface area contributed by atoms with Gasteiger partial charge in [0, 0.05) is 29.5 Å². The summed E-state index contributed by atoms with van der Waals surface area (Å²) in [5, 5.41) is 16.0. The minimum absolute atomic E-state index is 0.0459. The Hall–Kier alpha value is -0.450. The third kappa shape index (κ3) is 1.97. The molecule has 4 heteroatoms. The zero-order chi connectivity index (χ0) is 10.0. The minimum Gasteiger partial charge on any atom is -0.396 e. The van der Waals surface area contributed by atoms with Crippen molar-refractivity contribution in [2.45, 2.75) is 19.8 Å². The number of aliphatic hydroxyl groups excluding tert-OH is 1. The summed E-state index contributed by atoms with van der Waals surface area (Å²) in [7, 11) is 0. The Morgan fingerprint density at radius 2 is 2.57 bits per heavy atom. The fourth-order valence-electron chi connectivity index (χ4n) is 1.94. The molecule has 1 fully saturated rings. The molecule has 0 bridgehead atoms. The van der Waals surface area contributed by atoms with Gasteiger partial charge in [0.15, 0.2) is 0 Å². The number of thiazole rings is 1. The van der Waals surface area contributed by atoms with Gasteiger partial charge in [-0.25, -0.2) is 4.98 Å². The van der Waals surface area contributed by atoms with Gasteiger partial charge in [-0.1, -0.05) is 0 Å². The predicted molar refractivity (Wildman–Crippen MR) is 57.6 cm³/mol. The largest absolute Gasteiger partial charge is 0.396 e. The molecule has 0 amide bonds. The van der Waals surface area contributed by atoms with Gasteiger partial charge in [-0.3, -0.25) is 0 Å². The highest BCUT2D eigenvalue weighted by Gasteiger charge is 2.34. The van der Waals surface area contributed by atoms with Crippen LogP contribution in [-0.4, -0.2) is 29.8 Å². The van der Waals surface area contributed by atoms with Crippen molar-refractivity contribution in [2.75, 3.05) is 19.7 Å². The highest BCUT2D eigenvalue weighted by molar-refractivity contribution is 7.09. The minimum atomic E-state index is 0.0459. The van der Waals surface area contributed by atoms with Crippen LogP contribution in [0.4, 0.5) is 0 Å². The summed E-state index contributed by atoms with van der Waals surface area (Å²) in [5.74, 6) is 0. The van der Waals surface area contributed by atoms with Crippen LogP contribution >= 0.6 is 11.3 Å². The molecule has 1 atom stereocenters. The number of aromatic nitrogens is 1. The van der Waals surface area contributed by atoms with Crippen molar-refractivity contribution in [3.63, 3.8) is 0 Å². The maximum atomic E-state index is 9.42. The molecule has 0 aliphatic carbocycles. The van der Waals surface area contributed by atoms with E-state index in [1.54, 1.807) is 11.3 Å². The maximum Gasteiger partial charge on any atom is 0.0935 e. The van der Waals surface area contributed by atoms with E-state index in [0.29, 0.717) is 0 Å². The van der Waals surface area contributed by atoms with E-state index in [0.717, 1.165) is 36.6 Å². The van der Waals surface area contributed by atoms with Gasteiger partial charge in [0.2, 0.25) is 0 Å². The number of hydrogen-bond acceptors (Lipinski definition) is 4. The molecular weight excluding hydrogens is 196 g/mol. The van der Waals surface area contributed by atoms with Crippen LogP contribution in [0.2, 0.25) is 0 Å². The van der Waals surface area contributed by atoms with E-state index in [1.807, 2.05) is 6.92 Å². The molecule has 1 unspecified atom stereocenters. The molecule has 1 saturated heterocycles. The third-order valence-corrected chi connectivity index (χ3v) is 3.83. The third-order valence-electron chi connectivity index (χ3n) is 2.86. The van der Waals surface area contributed by atoms with Gasteiger partial charge in [0.1, 0.15) is 0 Å². The lowest BCUT2D eigenvalue weighted by Crippen LogP contribution is -2.30. The lowest BCUT2D eigenvalue weighted by molar-refractivity contribution is 0.142. The van der Waals surface area contributed by atoms with Crippen LogP contribution < -0.4 is 5.32 Å². The second-order valence-electron chi connectivity index (χ2n) is 4.14. The second-order valence-corrected chi connectivity index (χ2v) is 5.09. The standard InChI is InChI=1S/C10H16N2OS/c1-8-5-14-9(12-8)4-10(7-13)2-3-11-6-10/h5,11,13H,2-4,6-7H2,1H3. The van der Waals surface area contributed by atoms with E-state index in [4.69, 9.17) is 0 Å². The molecule has 14 heavy (non-hydrogen) atoms. The number of rotatable bonds is 3. The Morgan fingerprint density at radius 1 is 1.71 bits per heavy atom. The Bertz CT molecular complexity index is 305. The molecule has 2 heterocycles. The summed E-state index contributed by atoms with van der Waals surface area (Å²) in [6.45, 7) is 4.21. The quantitative estimate of drug-likeness (QED) is 0.784. The molecule has 1 aliphatic heterocycles. The molecule has 0 radical (unpaired) electrons. The second kappa shape index (κ2) is 3.96. The summed E-state index contributed by atoms with van der Waals surface area (Å²) < 4.78 is 0. The first-order chi connectivity index (χ1) is 6.74. The highest BCUT2D eigenvalue weighted by atomic mass is 32.1. The molecule has 3 nitrogen and oxygen atoms in total. The fraction of sp³-hybridized carbons (Fsp3) is 0.700. The van der Waals surface area contributed by atoms with Crippen molar-refractivity contribution >= 4 is 11.3 Å². The zero-order valence-electron chi connectivity index (χ0n) is 8.42. The van der Waals surface area contributed by atoms with E-state index in [2.05, 4.69) is 15.7 Å². The Morgan fingerprint density at radius 3 is 3.07 bits per heavy atom. The molecule has 0 aromatic carbocycles. The van der Waals surface area contributed by atoms with Crippen LogP contribution in [0.1, 0.15) is 17.1 Å². The first kappa shape index (κ1) is 10.1. The van der Waals surface area contributed by atoms with Gasteiger partial charge < -0.3 is 10.4 Å². The fourth-order valence-corrected chi connectivity index (χ4v) is 2.89. The normalized spacial score (nSPS) is 27.0. The lowest BCUT2D eigenvalue weighted by atomic mass is 9.85. The van der Waals surface area contributed by atoms with Gasteiger partial charge in [-0.15, -0.1) is 11.3 Å². The van der Waals surface area contributed by atoms with Crippen molar-refractivity contribution in [3.05, 3.63) is 16.1 Å². The lowest BCUT2D eigenvalue weighted by Gasteiger charge is -2.23. The molecular formula is C10H16N2OS. The number of nitrogens with one attached hydrogen (secondary N) is 1. The molecule has 1 aliphatic rings. The van der Waals surface area contributed by atoms with Crippen molar-refractivity contribution in [3.8, 4) is 0 Å². The van der Waals surface area contributed by atoms with E-state index in [9.17, 15) is 5.11 Å². The topological polar surface area (TPSA) is 45.1 Å². The van der Waals surface area contributed by atoms with Crippen molar-refractivity contribution < 1.29 is 5.11 Å². The van der Waals surface area contributed by atoms with E-state index in [-0.39, 0.29) is 12.0 Å². The Kier molecular flexibility index (Phi) is 2.85. The summed E-state index contributed by atoms with van der Waals surface area (Å²) >= 11 is 1.70. The smallest absolute Gasteiger partial charge is 0.0935 e. The average Bonchev–Trinajstić information content (AvgIpc) is 2.77.